The van der Waals surface area contributed by atoms with Gasteiger partial charge in [0, 0.05) is 18.0 Å². The highest BCUT2D eigenvalue weighted by atomic mass is 32.1. The Morgan fingerprint density at radius 1 is 1.52 bits per heavy atom. The summed E-state index contributed by atoms with van der Waals surface area (Å²) in [5.41, 5.74) is -0.654. The van der Waals surface area contributed by atoms with Crippen LogP contribution in [0.5, 0.6) is 0 Å². The van der Waals surface area contributed by atoms with Gasteiger partial charge in [-0.05, 0) is 20.8 Å². The normalized spacial score (nSPS) is 12.1. The van der Waals surface area contributed by atoms with Gasteiger partial charge in [0.25, 0.3) is 0 Å². The number of carbonyl (C=O) groups is 2. The fraction of sp³-hybridized carbons (Fsp3) is 0.538. The van der Waals surface area contributed by atoms with Gasteiger partial charge in [0.05, 0.1) is 11.1 Å². The van der Waals surface area contributed by atoms with E-state index in [1.54, 1.807) is 32.3 Å². The van der Waals surface area contributed by atoms with Crippen LogP contribution in [0.25, 0.3) is 0 Å². The van der Waals surface area contributed by atoms with Crippen LogP contribution < -0.4 is 10.6 Å². The van der Waals surface area contributed by atoms with Crippen LogP contribution in [0.3, 0.4) is 0 Å². The van der Waals surface area contributed by atoms with E-state index in [2.05, 4.69) is 15.6 Å². The smallest absolute Gasteiger partial charge is 0.408 e. The zero-order valence-corrected chi connectivity index (χ0v) is 13.0. The third-order valence-electron chi connectivity index (χ3n) is 2.21. The van der Waals surface area contributed by atoms with Crippen molar-refractivity contribution >= 4 is 23.3 Å². The maximum absolute atomic E-state index is 12.0. The Balaban J connectivity index is 2.69. The van der Waals surface area contributed by atoms with E-state index in [-0.39, 0.29) is 13.0 Å². The first-order chi connectivity index (χ1) is 9.81. The fourth-order valence-corrected chi connectivity index (χ4v) is 2.10. The Kier molecular flexibility index (Phi) is 6.11. The van der Waals surface area contributed by atoms with Crippen LogP contribution in [-0.4, -0.2) is 35.2 Å². The second kappa shape index (κ2) is 7.59. The molecule has 0 aliphatic rings. The lowest BCUT2D eigenvalue weighted by molar-refractivity contribution is -0.122. The summed E-state index contributed by atoms with van der Waals surface area (Å²) >= 11 is 1.38. The van der Waals surface area contributed by atoms with Gasteiger partial charge in [-0.3, -0.25) is 4.79 Å². The first kappa shape index (κ1) is 16.9. The molecule has 0 saturated heterocycles. The quantitative estimate of drug-likeness (QED) is 0.796. The summed E-state index contributed by atoms with van der Waals surface area (Å²) in [5.74, 6) is -0.447. The van der Waals surface area contributed by atoms with E-state index in [9.17, 15) is 9.59 Å². The van der Waals surface area contributed by atoms with Gasteiger partial charge >= 0.3 is 6.09 Å². The van der Waals surface area contributed by atoms with Gasteiger partial charge in [-0.1, -0.05) is 0 Å². The SMILES string of the molecule is CC(C)(C)OC(=O)N[C@@H](Cc1nccs1)C(=O)NCC#N. The second-order valence-electron chi connectivity index (χ2n) is 5.20. The summed E-state index contributed by atoms with van der Waals surface area (Å²) in [6, 6.07) is 0.981. The van der Waals surface area contributed by atoms with E-state index in [1.165, 1.54) is 11.3 Å². The summed E-state index contributed by atoms with van der Waals surface area (Å²) in [5, 5.41) is 15.9. The van der Waals surface area contributed by atoms with E-state index in [4.69, 9.17) is 10.00 Å². The molecule has 0 aromatic carbocycles. The molecule has 7 nitrogen and oxygen atoms in total. The zero-order valence-electron chi connectivity index (χ0n) is 12.2. The molecule has 0 bridgehead atoms. The number of nitriles is 1. The number of alkyl carbamates (subject to hydrolysis) is 1. The molecule has 0 aliphatic carbocycles. The van der Waals surface area contributed by atoms with Crippen LogP contribution in [-0.2, 0) is 16.0 Å². The molecule has 1 rings (SSSR count). The van der Waals surface area contributed by atoms with E-state index in [0.29, 0.717) is 5.01 Å². The zero-order chi connectivity index (χ0) is 15.9. The molecular weight excluding hydrogens is 292 g/mol. The highest BCUT2D eigenvalue weighted by Gasteiger charge is 2.25. The highest BCUT2D eigenvalue weighted by molar-refractivity contribution is 7.09. The molecule has 1 aromatic rings. The van der Waals surface area contributed by atoms with E-state index in [0.717, 1.165) is 0 Å². The lowest BCUT2D eigenvalue weighted by Crippen LogP contribution is -2.49. The molecule has 114 valence electrons. The van der Waals surface area contributed by atoms with Gasteiger partial charge in [-0.15, -0.1) is 11.3 Å². The predicted molar refractivity (Wildman–Crippen MR) is 77.6 cm³/mol. The monoisotopic (exact) mass is 310 g/mol. The minimum atomic E-state index is -0.834. The Bertz CT molecular complexity index is 517. The lowest BCUT2D eigenvalue weighted by atomic mass is 10.2. The average Bonchev–Trinajstić information content (AvgIpc) is 2.85. The Morgan fingerprint density at radius 3 is 2.76 bits per heavy atom. The number of aromatic nitrogens is 1. The molecule has 0 spiro atoms. The van der Waals surface area contributed by atoms with Crippen LogP contribution in [0, 0.1) is 11.3 Å². The third-order valence-corrected chi connectivity index (χ3v) is 3.01. The molecule has 1 aromatic heterocycles. The summed E-state index contributed by atoms with van der Waals surface area (Å²) in [6.45, 7) is 5.08. The Hall–Kier alpha value is -2.14. The van der Waals surface area contributed by atoms with Gasteiger partial charge < -0.3 is 15.4 Å². The van der Waals surface area contributed by atoms with Crippen molar-refractivity contribution in [2.45, 2.75) is 38.8 Å². The van der Waals surface area contributed by atoms with Gasteiger partial charge in [0.2, 0.25) is 5.91 Å². The average molecular weight is 310 g/mol. The molecule has 0 aliphatic heterocycles. The van der Waals surface area contributed by atoms with E-state index >= 15 is 0 Å². The van der Waals surface area contributed by atoms with E-state index < -0.39 is 23.6 Å². The number of amides is 2. The van der Waals surface area contributed by atoms with Crippen LogP contribution >= 0.6 is 11.3 Å². The van der Waals surface area contributed by atoms with Crippen molar-refractivity contribution in [2.24, 2.45) is 0 Å². The predicted octanol–water partition coefficient (Wildman–Crippen LogP) is 1.22. The molecule has 0 saturated carbocycles. The summed E-state index contributed by atoms with van der Waals surface area (Å²) in [4.78, 5) is 27.8. The van der Waals surface area contributed by atoms with E-state index in [1.807, 2.05) is 6.07 Å². The number of nitrogens with zero attached hydrogens (tertiary/aromatic N) is 2. The Morgan fingerprint density at radius 2 is 2.24 bits per heavy atom. The number of hydrogen-bond donors (Lipinski definition) is 2. The maximum atomic E-state index is 12.0. The summed E-state index contributed by atoms with van der Waals surface area (Å²) in [6.07, 6.45) is 1.18. The van der Waals surface area contributed by atoms with Crippen molar-refractivity contribution in [2.75, 3.05) is 6.54 Å². The summed E-state index contributed by atoms with van der Waals surface area (Å²) < 4.78 is 5.13. The van der Waals surface area contributed by atoms with Crippen LogP contribution in [0.2, 0.25) is 0 Å². The lowest BCUT2D eigenvalue weighted by Gasteiger charge is -2.22. The fourth-order valence-electron chi connectivity index (χ4n) is 1.44. The molecule has 0 radical (unpaired) electrons. The first-order valence-electron chi connectivity index (χ1n) is 6.34. The molecule has 0 unspecified atom stereocenters. The largest absolute Gasteiger partial charge is 0.444 e. The molecule has 2 N–H and O–H groups in total. The number of hydrogen-bond acceptors (Lipinski definition) is 6. The van der Waals surface area contributed by atoms with Crippen molar-refractivity contribution < 1.29 is 14.3 Å². The number of nitrogens with one attached hydrogen (secondary N) is 2. The first-order valence-corrected chi connectivity index (χ1v) is 7.22. The molecule has 2 amide bonds. The van der Waals surface area contributed by atoms with Crippen LogP contribution in [0.1, 0.15) is 25.8 Å². The van der Waals surface area contributed by atoms with Crippen molar-refractivity contribution in [1.29, 1.82) is 5.26 Å². The minimum Gasteiger partial charge on any atom is -0.444 e. The van der Waals surface area contributed by atoms with Crippen molar-refractivity contribution in [1.82, 2.24) is 15.6 Å². The molecule has 1 heterocycles. The molecule has 8 heteroatoms. The summed E-state index contributed by atoms with van der Waals surface area (Å²) in [7, 11) is 0. The van der Waals surface area contributed by atoms with Crippen LogP contribution in [0.4, 0.5) is 4.79 Å². The standard InChI is InChI=1S/C13H18N4O3S/c1-13(2,3)20-12(19)17-9(11(18)16-5-4-14)8-10-15-6-7-21-10/h6-7,9H,5,8H2,1-3H3,(H,16,18)(H,17,19)/t9-/m0/s1. The molecule has 0 fully saturated rings. The number of carbonyl (C=O) groups excluding carboxylic acids is 2. The highest BCUT2D eigenvalue weighted by Crippen LogP contribution is 2.10. The minimum absolute atomic E-state index is 0.122. The molecular formula is C13H18N4O3S. The Labute approximate surface area is 127 Å². The van der Waals surface area contributed by atoms with Gasteiger partial charge in [0.15, 0.2) is 0 Å². The number of rotatable bonds is 5. The maximum Gasteiger partial charge on any atom is 0.408 e. The van der Waals surface area contributed by atoms with Crippen molar-refractivity contribution in [3.63, 3.8) is 0 Å². The van der Waals surface area contributed by atoms with Gasteiger partial charge in [-0.25, -0.2) is 9.78 Å². The molecule has 21 heavy (non-hydrogen) atoms. The third kappa shape index (κ3) is 6.72. The number of thiazole rings is 1. The van der Waals surface area contributed by atoms with Gasteiger partial charge in [0.1, 0.15) is 18.2 Å². The topological polar surface area (TPSA) is 104 Å². The second-order valence-corrected chi connectivity index (χ2v) is 6.18. The number of ether oxygens (including phenoxy) is 1. The molecule has 1 atom stereocenters. The van der Waals surface area contributed by atoms with Crippen molar-refractivity contribution in [3.05, 3.63) is 16.6 Å². The van der Waals surface area contributed by atoms with Crippen LogP contribution in [0.15, 0.2) is 11.6 Å². The van der Waals surface area contributed by atoms with Crippen molar-refractivity contribution in [3.8, 4) is 6.07 Å². The van der Waals surface area contributed by atoms with Gasteiger partial charge in [-0.2, -0.15) is 5.26 Å².